The fraction of sp³-hybridized carbons (Fsp3) is 0.467. The molecule has 0 spiro atoms. The highest BCUT2D eigenvalue weighted by molar-refractivity contribution is 5.83. The zero-order chi connectivity index (χ0) is 14.6. The minimum Gasteiger partial charge on any atom is -0.481 e. The van der Waals surface area contributed by atoms with Crippen molar-refractivity contribution >= 4 is 17.6 Å². The smallest absolute Gasteiger partial charge is 0.311 e. The Morgan fingerprint density at radius 3 is 2.60 bits per heavy atom. The third kappa shape index (κ3) is 2.92. The van der Waals surface area contributed by atoms with E-state index in [1.54, 1.807) is 4.90 Å². The molecule has 1 aromatic carbocycles. The Morgan fingerprint density at radius 1 is 1.35 bits per heavy atom. The molecule has 1 unspecified atom stereocenters. The van der Waals surface area contributed by atoms with Crippen molar-refractivity contribution in [3.8, 4) is 0 Å². The Balaban J connectivity index is 1.90. The summed E-state index contributed by atoms with van der Waals surface area (Å²) in [4.78, 5) is 25.1. The van der Waals surface area contributed by atoms with E-state index in [2.05, 4.69) is 5.32 Å². The van der Waals surface area contributed by atoms with Crippen molar-refractivity contribution in [2.24, 2.45) is 5.41 Å². The molecule has 1 aromatic rings. The number of nitrogens with one attached hydrogen (secondary N) is 1. The fourth-order valence-corrected chi connectivity index (χ4v) is 2.55. The van der Waals surface area contributed by atoms with Gasteiger partial charge in [0, 0.05) is 18.8 Å². The molecular formula is C15H20N2O3. The normalized spacial score (nSPS) is 21.8. The highest BCUT2D eigenvalue weighted by Crippen LogP contribution is 2.34. The van der Waals surface area contributed by atoms with Crippen LogP contribution in [0.5, 0.6) is 0 Å². The van der Waals surface area contributed by atoms with Gasteiger partial charge in [-0.1, -0.05) is 25.1 Å². The van der Waals surface area contributed by atoms with Crippen LogP contribution in [0.2, 0.25) is 0 Å². The van der Waals surface area contributed by atoms with Crippen LogP contribution in [0, 0.1) is 5.41 Å². The molecule has 5 heteroatoms. The van der Waals surface area contributed by atoms with Crippen molar-refractivity contribution in [2.45, 2.75) is 19.8 Å². The molecule has 5 nitrogen and oxygen atoms in total. The summed E-state index contributed by atoms with van der Waals surface area (Å²) < 4.78 is 0. The van der Waals surface area contributed by atoms with Crippen LogP contribution in [0.25, 0.3) is 0 Å². The lowest BCUT2D eigenvalue weighted by Gasteiger charge is -2.23. The number of nitrogens with zero attached hydrogens (tertiary/aromatic N) is 1. The van der Waals surface area contributed by atoms with Crippen LogP contribution >= 0.6 is 0 Å². The number of carboxylic acids is 1. The van der Waals surface area contributed by atoms with Gasteiger partial charge in [0.25, 0.3) is 0 Å². The molecule has 0 aromatic heterocycles. The third-order valence-corrected chi connectivity index (χ3v) is 4.05. The molecule has 1 atom stereocenters. The molecule has 1 heterocycles. The Kier molecular flexibility index (Phi) is 4.27. The molecule has 2 rings (SSSR count). The third-order valence-electron chi connectivity index (χ3n) is 4.05. The Labute approximate surface area is 118 Å². The van der Waals surface area contributed by atoms with Gasteiger partial charge in [0.05, 0.1) is 12.0 Å². The lowest BCUT2D eigenvalue weighted by atomic mass is 9.84. The predicted molar refractivity (Wildman–Crippen MR) is 76.5 cm³/mol. The number of benzene rings is 1. The largest absolute Gasteiger partial charge is 0.481 e. The second-order valence-corrected chi connectivity index (χ2v) is 5.22. The molecule has 1 saturated heterocycles. The van der Waals surface area contributed by atoms with E-state index >= 15 is 0 Å². The van der Waals surface area contributed by atoms with Crippen LogP contribution in [0.15, 0.2) is 30.3 Å². The van der Waals surface area contributed by atoms with E-state index in [-0.39, 0.29) is 12.5 Å². The second kappa shape index (κ2) is 5.94. The first-order chi connectivity index (χ1) is 9.57. The number of hydrogen-bond acceptors (Lipinski definition) is 3. The van der Waals surface area contributed by atoms with E-state index in [1.165, 1.54) is 0 Å². The SMILES string of the molecule is CCC1(C(=O)O)CCN(C(=O)CNc2ccccc2)C1. The quantitative estimate of drug-likeness (QED) is 0.860. The lowest BCUT2D eigenvalue weighted by molar-refractivity contribution is -0.148. The average Bonchev–Trinajstić information content (AvgIpc) is 2.92. The van der Waals surface area contributed by atoms with E-state index in [1.807, 2.05) is 37.3 Å². The maximum absolute atomic E-state index is 12.1. The van der Waals surface area contributed by atoms with Gasteiger partial charge in [0.15, 0.2) is 0 Å². The first-order valence-electron chi connectivity index (χ1n) is 6.87. The maximum Gasteiger partial charge on any atom is 0.311 e. The Bertz CT molecular complexity index is 489. The van der Waals surface area contributed by atoms with Crippen molar-refractivity contribution < 1.29 is 14.7 Å². The molecule has 0 bridgehead atoms. The summed E-state index contributed by atoms with van der Waals surface area (Å²) in [5.74, 6) is -0.850. The number of carboxylic acid groups (broad SMARTS) is 1. The summed E-state index contributed by atoms with van der Waals surface area (Å²) in [5, 5.41) is 12.4. The van der Waals surface area contributed by atoms with Gasteiger partial charge in [-0.25, -0.2) is 0 Å². The van der Waals surface area contributed by atoms with Crippen molar-refractivity contribution in [2.75, 3.05) is 25.0 Å². The van der Waals surface area contributed by atoms with Crippen LogP contribution < -0.4 is 5.32 Å². The minimum absolute atomic E-state index is 0.0505. The molecule has 2 N–H and O–H groups in total. The first-order valence-corrected chi connectivity index (χ1v) is 6.87. The summed E-state index contributed by atoms with van der Waals surface area (Å²) in [6.45, 7) is 2.90. The summed E-state index contributed by atoms with van der Waals surface area (Å²) in [6.07, 6.45) is 1.09. The number of para-hydroxylation sites is 1. The lowest BCUT2D eigenvalue weighted by Crippen LogP contribution is -2.38. The molecule has 108 valence electrons. The molecule has 0 aliphatic carbocycles. The van der Waals surface area contributed by atoms with Crippen LogP contribution in [-0.4, -0.2) is 41.5 Å². The maximum atomic E-state index is 12.1. The summed E-state index contributed by atoms with van der Waals surface area (Å²) in [6, 6.07) is 9.50. The van der Waals surface area contributed by atoms with Gasteiger partial charge in [0.1, 0.15) is 0 Å². The molecular weight excluding hydrogens is 256 g/mol. The van der Waals surface area contributed by atoms with E-state index in [4.69, 9.17) is 0 Å². The molecule has 1 fully saturated rings. The highest BCUT2D eigenvalue weighted by Gasteiger charge is 2.44. The number of amides is 1. The van der Waals surface area contributed by atoms with Crippen molar-refractivity contribution in [1.82, 2.24) is 4.90 Å². The molecule has 1 amide bonds. The van der Waals surface area contributed by atoms with Gasteiger partial charge < -0.3 is 15.3 Å². The van der Waals surface area contributed by atoms with Crippen molar-refractivity contribution in [1.29, 1.82) is 0 Å². The zero-order valence-electron chi connectivity index (χ0n) is 11.6. The number of likely N-dealkylation sites (tertiary alicyclic amines) is 1. The Hall–Kier alpha value is -2.04. The first kappa shape index (κ1) is 14.4. The number of anilines is 1. The van der Waals surface area contributed by atoms with Crippen LogP contribution in [-0.2, 0) is 9.59 Å². The van der Waals surface area contributed by atoms with Crippen molar-refractivity contribution in [3.05, 3.63) is 30.3 Å². The van der Waals surface area contributed by atoms with E-state index in [0.717, 1.165) is 5.69 Å². The highest BCUT2D eigenvalue weighted by atomic mass is 16.4. The van der Waals surface area contributed by atoms with Crippen LogP contribution in [0.4, 0.5) is 5.69 Å². The van der Waals surface area contributed by atoms with E-state index < -0.39 is 11.4 Å². The van der Waals surface area contributed by atoms with Gasteiger partial charge in [0.2, 0.25) is 5.91 Å². The Morgan fingerprint density at radius 2 is 2.05 bits per heavy atom. The number of hydrogen-bond donors (Lipinski definition) is 2. The number of carbonyl (C=O) groups is 2. The molecule has 20 heavy (non-hydrogen) atoms. The molecule has 1 aliphatic rings. The zero-order valence-corrected chi connectivity index (χ0v) is 11.6. The molecule has 1 aliphatic heterocycles. The minimum atomic E-state index is -0.800. The van der Waals surface area contributed by atoms with E-state index in [0.29, 0.717) is 25.9 Å². The average molecular weight is 276 g/mol. The predicted octanol–water partition coefficient (Wildman–Crippen LogP) is 1.81. The van der Waals surface area contributed by atoms with E-state index in [9.17, 15) is 14.7 Å². The van der Waals surface area contributed by atoms with Gasteiger partial charge >= 0.3 is 5.97 Å². The summed E-state index contributed by atoms with van der Waals surface area (Å²) in [7, 11) is 0. The summed E-state index contributed by atoms with van der Waals surface area (Å²) >= 11 is 0. The van der Waals surface area contributed by atoms with Gasteiger partial charge in [-0.2, -0.15) is 0 Å². The summed E-state index contributed by atoms with van der Waals surface area (Å²) in [5.41, 5.74) is 0.127. The van der Waals surface area contributed by atoms with Gasteiger partial charge in [-0.15, -0.1) is 0 Å². The van der Waals surface area contributed by atoms with Crippen LogP contribution in [0.3, 0.4) is 0 Å². The number of aliphatic carboxylic acids is 1. The van der Waals surface area contributed by atoms with Crippen LogP contribution in [0.1, 0.15) is 19.8 Å². The second-order valence-electron chi connectivity index (χ2n) is 5.22. The van der Waals surface area contributed by atoms with Gasteiger partial charge in [-0.3, -0.25) is 9.59 Å². The standard InChI is InChI=1S/C15H20N2O3/c1-2-15(14(19)20)8-9-17(11-15)13(18)10-16-12-6-4-3-5-7-12/h3-7,16H,2,8-11H2,1H3,(H,19,20). The monoisotopic (exact) mass is 276 g/mol. The molecule has 0 radical (unpaired) electrons. The van der Waals surface area contributed by atoms with Crippen molar-refractivity contribution in [3.63, 3.8) is 0 Å². The molecule has 0 saturated carbocycles. The topological polar surface area (TPSA) is 69.6 Å². The number of carbonyl (C=O) groups excluding carboxylic acids is 1. The fourth-order valence-electron chi connectivity index (χ4n) is 2.55. The van der Waals surface area contributed by atoms with Gasteiger partial charge in [-0.05, 0) is 25.0 Å². The number of rotatable bonds is 5.